The van der Waals surface area contributed by atoms with E-state index in [0.717, 1.165) is 11.3 Å². The summed E-state index contributed by atoms with van der Waals surface area (Å²) in [4.78, 5) is 37.7. The number of rotatable bonds is 6. The molecule has 0 spiro atoms. The summed E-state index contributed by atoms with van der Waals surface area (Å²) in [6.07, 6.45) is 0. The Bertz CT molecular complexity index is 787. The molecule has 2 N–H and O–H groups in total. The second kappa shape index (κ2) is 7.18. The largest absolute Gasteiger partial charge is 0.480 e. The van der Waals surface area contributed by atoms with Crippen molar-refractivity contribution in [1.82, 2.24) is 10.3 Å². The first kappa shape index (κ1) is 17.5. The van der Waals surface area contributed by atoms with E-state index in [-0.39, 0.29) is 17.3 Å². The van der Waals surface area contributed by atoms with Gasteiger partial charge in [-0.2, -0.15) is 0 Å². The zero-order chi connectivity index (χ0) is 17.9. The Balaban J connectivity index is 2.21. The van der Waals surface area contributed by atoms with Crippen LogP contribution in [-0.2, 0) is 4.79 Å². The van der Waals surface area contributed by atoms with Crippen molar-refractivity contribution in [3.8, 4) is 10.6 Å². The minimum absolute atomic E-state index is 0.0700. The van der Waals surface area contributed by atoms with Crippen molar-refractivity contribution < 1.29 is 19.6 Å². The lowest BCUT2D eigenvalue weighted by atomic mass is 10.0. The van der Waals surface area contributed by atoms with Gasteiger partial charge in [0.15, 0.2) is 0 Å². The van der Waals surface area contributed by atoms with Crippen LogP contribution in [0.2, 0.25) is 0 Å². The number of aliphatic carboxylic acids is 1. The molecule has 0 fully saturated rings. The first-order valence-corrected chi connectivity index (χ1v) is 7.91. The highest BCUT2D eigenvalue weighted by Gasteiger charge is 2.25. The molecule has 1 amide bonds. The van der Waals surface area contributed by atoms with E-state index in [0.29, 0.717) is 10.6 Å². The van der Waals surface area contributed by atoms with Crippen molar-refractivity contribution in [3.05, 3.63) is 45.5 Å². The number of hydrogen-bond acceptors (Lipinski definition) is 6. The summed E-state index contributed by atoms with van der Waals surface area (Å²) in [7, 11) is 0. The summed E-state index contributed by atoms with van der Waals surface area (Å²) >= 11 is 1.15. The maximum atomic E-state index is 12.1. The molecule has 8 nitrogen and oxygen atoms in total. The Kier molecular flexibility index (Phi) is 5.24. The first-order chi connectivity index (χ1) is 11.3. The summed E-state index contributed by atoms with van der Waals surface area (Å²) in [6.45, 7) is 3.38. The third kappa shape index (κ3) is 3.93. The SMILES string of the molecule is CC(C)[C@@H](NC(=O)c1csc(-c2cccc([N+](=O)[O-])c2)n1)C(=O)O. The fourth-order valence-corrected chi connectivity index (χ4v) is 2.79. The normalized spacial score (nSPS) is 12.0. The molecule has 9 heteroatoms. The van der Waals surface area contributed by atoms with Gasteiger partial charge in [0.2, 0.25) is 0 Å². The maximum Gasteiger partial charge on any atom is 0.326 e. The predicted octanol–water partition coefficient (Wildman–Crippen LogP) is 2.56. The van der Waals surface area contributed by atoms with Crippen LogP contribution in [0.4, 0.5) is 5.69 Å². The lowest BCUT2D eigenvalue weighted by Gasteiger charge is -2.16. The number of amides is 1. The zero-order valence-corrected chi connectivity index (χ0v) is 13.7. The molecular weight excluding hydrogens is 334 g/mol. The number of carboxylic acids is 1. The van der Waals surface area contributed by atoms with Crippen LogP contribution in [0.15, 0.2) is 29.6 Å². The van der Waals surface area contributed by atoms with Gasteiger partial charge < -0.3 is 10.4 Å². The van der Waals surface area contributed by atoms with E-state index in [2.05, 4.69) is 10.3 Å². The highest BCUT2D eigenvalue weighted by atomic mass is 32.1. The van der Waals surface area contributed by atoms with Gasteiger partial charge in [-0.15, -0.1) is 11.3 Å². The number of nitro groups is 1. The topological polar surface area (TPSA) is 122 Å². The highest BCUT2D eigenvalue weighted by Crippen LogP contribution is 2.26. The number of carbonyl (C=O) groups excluding carboxylic acids is 1. The molecule has 1 atom stereocenters. The molecule has 0 bridgehead atoms. The second-order valence-corrected chi connectivity index (χ2v) is 6.24. The summed E-state index contributed by atoms with van der Waals surface area (Å²) in [5.74, 6) is -1.99. The Morgan fingerprint density at radius 3 is 2.67 bits per heavy atom. The van der Waals surface area contributed by atoms with E-state index in [1.54, 1.807) is 19.9 Å². The Labute approximate surface area is 141 Å². The van der Waals surface area contributed by atoms with Crippen molar-refractivity contribution in [2.45, 2.75) is 19.9 Å². The van der Waals surface area contributed by atoms with Gasteiger partial charge in [-0.25, -0.2) is 9.78 Å². The number of nitrogens with zero attached hydrogens (tertiary/aromatic N) is 2. The molecule has 1 heterocycles. The summed E-state index contributed by atoms with van der Waals surface area (Å²) < 4.78 is 0. The van der Waals surface area contributed by atoms with Crippen LogP contribution in [0, 0.1) is 16.0 Å². The predicted molar refractivity (Wildman–Crippen MR) is 87.9 cm³/mol. The number of aromatic nitrogens is 1. The molecule has 126 valence electrons. The van der Waals surface area contributed by atoms with Crippen molar-refractivity contribution in [3.63, 3.8) is 0 Å². The van der Waals surface area contributed by atoms with Gasteiger partial charge in [0, 0.05) is 23.1 Å². The van der Waals surface area contributed by atoms with Crippen LogP contribution >= 0.6 is 11.3 Å². The maximum absolute atomic E-state index is 12.1. The van der Waals surface area contributed by atoms with Crippen molar-refractivity contribution in [1.29, 1.82) is 0 Å². The van der Waals surface area contributed by atoms with Gasteiger partial charge in [0.05, 0.1) is 4.92 Å². The first-order valence-electron chi connectivity index (χ1n) is 7.03. The van der Waals surface area contributed by atoms with Crippen LogP contribution in [-0.4, -0.2) is 32.9 Å². The van der Waals surface area contributed by atoms with Crippen LogP contribution in [0.1, 0.15) is 24.3 Å². The minimum atomic E-state index is -1.12. The molecule has 0 radical (unpaired) electrons. The molecule has 1 aromatic carbocycles. The molecule has 2 aromatic rings. The van der Waals surface area contributed by atoms with E-state index in [4.69, 9.17) is 5.11 Å². The van der Waals surface area contributed by atoms with Crippen LogP contribution in [0.3, 0.4) is 0 Å². The summed E-state index contributed by atoms with van der Waals surface area (Å²) in [5, 5.41) is 24.3. The average Bonchev–Trinajstić information content (AvgIpc) is 3.02. The van der Waals surface area contributed by atoms with Crippen molar-refractivity contribution in [2.75, 3.05) is 0 Å². The molecule has 0 saturated carbocycles. The number of nitro benzene ring substituents is 1. The minimum Gasteiger partial charge on any atom is -0.480 e. The number of carboxylic acid groups (broad SMARTS) is 1. The van der Waals surface area contributed by atoms with E-state index in [1.807, 2.05) is 0 Å². The zero-order valence-electron chi connectivity index (χ0n) is 12.9. The highest BCUT2D eigenvalue weighted by molar-refractivity contribution is 7.13. The van der Waals surface area contributed by atoms with E-state index >= 15 is 0 Å². The van der Waals surface area contributed by atoms with Gasteiger partial charge in [-0.05, 0) is 5.92 Å². The van der Waals surface area contributed by atoms with Gasteiger partial charge in [-0.1, -0.05) is 26.0 Å². The molecule has 1 aromatic heterocycles. The number of non-ortho nitro benzene ring substituents is 1. The van der Waals surface area contributed by atoms with E-state index in [1.165, 1.54) is 23.6 Å². The van der Waals surface area contributed by atoms with Gasteiger partial charge >= 0.3 is 5.97 Å². The Hall–Kier alpha value is -2.81. The number of nitrogens with one attached hydrogen (secondary N) is 1. The van der Waals surface area contributed by atoms with Crippen molar-refractivity contribution >= 4 is 28.9 Å². The fourth-order valence-electron chi connectivity index (χ4n) is 1.99. The number of hydrogen-bond donors (Lipinski definition) is 2. The quantitative estimate of drug-likeness (QED) is 0.610. The number of thiazole rings is 1. The van der Waals surface area contributed by atoms with E-state index < -0.39 is 22.8 Å². The lowest BCUT2D eigenvalue weighted by Crippen LogP contribution is -2.44. The molecule has 24 heavy (non-hydrogen) atoms. The third-order valence-electron chi connectivity index (χ3n) is 3.26. The molecule has 0 aliphatic heterocycles. The Morgan fingerprint density at radius 1 is 1.38 bits per heavy atom. The lowest BCUT2D eigenvalue weighted by molar-refractivity contribution is -0.384. The standard InChI is InChI=1S/C15H15N3O5S/c1-8(2)12(15(20)21)17-13(19)11-7-24-14(16-11)9-4-3-5-10(6-9)18(22)23/h3-8,12H,1-2H3,(H,17,19)(H,20,21)/t12-/m1/s1. The molecule has 2 rings (SSSR count). The molecule has 0 unspecified atom stereocenters. The smallest absolute Gasteiger partial charge is 0.326 e. The van der Waals surface area contributed by atoms with Gasteiger partial charge in [0.25, 0.3) is 11.6 Å². The van der Waals surface area contributed by atoms with Gasteiger partial charge in [-0.3, -0.25) is 14.9 Å². The molecule has 0 aliphatic rings. The Morgan fingerprint density at radius 2 is 2.08 bits per heavy atom. The number of benzene rings is 1. The molecule has 0 saturated heterocycles. The number of carbonyl (C=O) groups is 2. The van der Waals surface area contributed by atoms with Crippen LogP contribution < -0.4 is 5.32 Å². The van der Waals surface area contributed by atoms with Crippen LogP contribution in [0.5, 0.6) is 0 Å². The molecular formula is C15H15N3O5S. The monoisotopic (exact) mass is 349 g/mol. The fraction of sp³-hybridized carbons (Fsp3) is 0.267. The van der Waals surface area contributed by atoms with Crippen molar-refractivity contribution in [2.24, 2.45) is 5.92 Å². The average molecular weight is 349 g/mol. The van der Waals surface area contributed by atoms with Gasteiger partial charge in [0.1, 0.15) is 16.7 Å². The van der Waals surface area contributed by atoms with E-state index in [9.17, 15) is 19.7 Å². The van der Waals surface area contributed by atoms with Crippen LogP contribution in [0.25, 0.3) is 10.6 Å². The second-order valence-electron chi connectivity index (χ2n) is 5.38. The summed E-state index contributed by atoms with van der Waals surface area (Å²) in [6, 6.07) is 4.91. The summed E-state index contributed by atoms with van der Waals surface area (Å²) in [5.41, 5.74) is 0.528. The molecule has 0 aliphatic carbocycles. The third-order valence-corrected chi connectivity index (χ3v) is 4.15.